The summed E-state index contributed by atoms with van der Waals surface area (Å²) in [4.78, 5) is 4.04. The molecule has 0 aliphatic carbocycles. The van der Waals surface area contributed by atoms with Crippen LogP contribution in [0.15, 0.2) is 42.7 Å². The molecule has 0 atom stereocenters. The molecule has 0 bridgehead atoms. The zero-order valence-corrected chi connectivity index (χ0v) is 10.4. The molecule has 1 aromatic carbocycles. The molecule has 5 heteroatoms. The molecular formula is C13H10ClN3O. The van der Waals surface area contributed by atoms with Crippen molar-refractivity contribution in [1.82, 2.24) is 14.8 Å². The Balaban J connectivity index is 2.19. The molecule has 3 aromatic rings. The van der Waals surface area contributed by atoms with Crippen LogP contribution in [0.2, 0.25) is 5.15 Å². The Morgan fingerprint density at radius 1 is 1.28 bits per heavy atom. The van der Waals surface area contributed by atoms with Gasteiger partial charge in [0.15, 0.2) is 0 Å². The van der Waals surface area contributed by atoms with Gasteiger partial charge in [-0.1, -0.05) is 23.7 Å². The summed E-state index contributed by atoms with van der Waals surface area (Å²) in [6.45, 7) is 0. The van der Waals surface area contributed by atoms with Crippen molar-refractivity contribution in [1.29, 1.82) is 0 Å². The fraction of sp³-hybridized carbons (Fsp3) is 0.0769. The van der Waals surface area contributed by atoms with E-state index in [1.54, 1.807) is 24.1 Å². The van der Waals surface area contributed by atoms with E-state index in [-0.39, 0.29) is 0 Å². The smallest absolute Gasteiger partial charge is 0.144 e. The summed E-state index contributed by atoms with van der Waals surface area (Å²) >= 11 is 5.85. The lowest BCUT2D eigenvalue weighted by Crippen LogP contribution is -1.97. The van der Waals surface area contributed by atoms with Gasteiger partial charge in [0.05, 0.1) is 12.6 Å². The van der Waals surface area contributed by atoms with Gasteiger partial charge in [0.2, 0.25) is 0 Å². The molecular weight excluding hydrogens is 250 g/mol. The van der Waals surface area contributed by atoms with Gasteiger partial charge in [0.25, 0.3) is 0 Å². The van der Waals surface area contributed by atoms with E-state index in [0.717, 1.165) is 22.3 Å². The summed E-state index contributed by atoms with van der Waals surface area (Å²) in [6.07, 6.45) is 3.60. The van der Waals surface area contributed by atoms with Crippen molar-refractivity contribution >= 4 is 22.5 Å². The van der Waals surface area contributed by atoms with E-state index in [2.05, 4.69) is 10.1 Å². The SMILES string of the molecule is COc1ccccc1-n1cc2cnc(Cl)cc2n1. The number of halogens is 1. The van der Waals surface area contributed by atoms with Crippen molar-refractivity contribution in [3.63, 3.8) is 0 Å². The van der Waals surface area contributed by atoms with Crippen LogP contribution in [-0.2, 0) is 0 Å². The Hall–Kier alpha value is -2.07. The third-order valence-corrected chi connectivity index (χ3v) is 2.89. The van der Waals surface area contributed by atoms with E-state index in [1.165, 1.54) is 0 Å². The van der Waals surface area contributed by atoms with Crippen LogP contribution in [0.4, 0.5) is 0 Å². The van der Waals surface area contributed by atoms with Gasteiger partial charge in [0, 0.05) is 23.8 Å². The molecule has 2 aromatic heterocycles. The van der Waals surface area contributed by atoms with Crippen molar-refractivity contribution in [3.8, 4) is 11.4 Å². The van der Waals surface area contributed by atoms with E-state index >= 15 is 0 Å². The topological polar surface area (TPSA) is 39.9 Å². The van der Waals surface area contributed by atoms with Gasteiger partial charge in [-0.15, -0.1) is 0 Å². The number of aromatic nitrogens is 3. The number of hydrogen-bond donors (Lipinski definition) is 0. The maximum atomic E-state index is 5.85. The Morgan fingerprint density at radius 2 is 2.11 bits per heavy atom. The van der Waals surface area contributed by atoms with Gasteiger partial charge < -0.3 is 4.74 Å². The number of nitrogens with zero attached hydrogens (tertiary/aromatic N) is 3. The molecule has 4 nitrogen and oxygen atoms in total. The number of pyridine rings is 1. The summed E-state index contributed by atoms with van der Waals surface area (Å²) in [6, 6.07) is 9.44. The van der Waals surface area contributed by atoms with Gasteiger partial charge in [-0.25, -0.2) is 9.67 Å². The molecule has 0 aliphatic heterocycles. The zero-order chi connectivity index (χ0) is 12.5. The van der Waals surface area contributed by atoms with Crippen molar-refractivity contribution in [2.45, 2.75) is 0 Å². The molecule has 2 heterocycles. The number of fused-ring (bicyclic) bond motifs is 1. The molecule has 0 radical (unpaired) electrons. The number of ether oxygens (including phenoxy) is 1. The number of hydrogen-bond acceptors (Lipinski definition) is 3. The van der Waals surface area contributed by atoms with Crippen molar-refractivity contribution in [2.24, 2.45) is 0 Å². The molecule has 0 amide bonds. The second kappa shape index (κ2) is 4.31. The number of methoxy groups -OCH3 is 1. The summed E-state index contributed by atoms with van der Waals surface area (Å²) in [5.41, 5.74) is 1.69. The first kappa shape index (κ1) is 11.0. The van der Waals surface area contributed by atoms with Crippen LogP contribution < -0.4 is 4.74 Å². The first-order valence-electron chi connectivity index (χ1n) is 5.42. The van der Waals surface area contributed by atoms with E-state index in [1.807, 2.05) is 30.5 Å². The standard InChI is InChI=1S/C13H10ClN3O/c1-18-12-5-3-2-4-11(12)17-8-9-7-15-13(14)6-10(9)16-17/h2-8H,1H3. The summed E-state index contributed by atoms with van der Waals surface area (Å²) in [5.74, 6) is 0.768. The highest BCUT2D eigenvalue weighted by atomic mass is 35.5. The lowest BCUT2D eigenvalue weighted by molar-refractivity contribution is 0.412. The fourth-order valence-electron chi connectivity index (χ4n) is 1.84. The van der Waals surface area contributed by atoms with Crippen LogP contribution in [0.3, 0.4) is 0 Å². The third-order valence-electron chi connectivity index (χ3n) is 2.69. The second-order valence-electron chi connectivity index (χ2n) is 3.81. The fourth-order valence-corrected chi connectivity index (χ4v) is 1.99. The summed E-state index contributed by atoms with van der Waals surface area (Å²) in [7, 11) is 1.64. The molecule has 0 aliphatic rings. The average Bonchev–Trinajstić information content (AvgIpc) is 2.81. The Kier molecular flexibility index (Phi) is 2.64. The van der Waals surface area contributed by atoms with Crippen LogP contribution in [-0.4, -0.2) is 21.9 Å². The Labute approximate surface area is 109 Å². The van der Waals surface area contributed by atoms with E-state index < -0.39 is 0 Å². The average molecular weight is 260 g/mol. The Bertz CT molecular complexity index is 708. The normalized spacial score (nSPS) is 10.8. The second-order valence-corrected chi connectivity index (χ2v) is 4.20. The lowest BCUT2D eigenvalue weighted by atomic mass is 10.3. The van der Waals surface area contributed by atoms with Gasteiger partial charge in [-0.05, 0) is 12.1 Å². The van der Waals surface area contributed by atoms with Gasteiger partial charge >= 0.3 is 0 Å². The Morgan fingerprint density at radius 3 is 2.94 bits per heavy atom. The summed E-state index contributed by atoms with van der Waals surface area (Å²) < 4.78 is 7.08. The summed E-state index contributed by atoms with van der Waals surface area (Å²) in [5, 5.41) is 5.84. The minimum atomic E-state index is 0.438. The maximum Gasteiger partial charge on any atom is 0.144 e. The predicted molar refractivity (Wildman–Crippen MR) is 70.4 cm³/mol. The van der Waals surface area contributed by atoms with E-state index in [4.69, 9.17) is 16.3 Å². The van der Waals surface area contributed by atoms with Crippen molar-refractivity contribution in [2.75, 3.05) is 7.11 Å². The minimum Gasteiger partial charge on any atom is -0.494 e. The zero-order valence-electron chi connectivity index (χ0n) is 9.67. The van der Waals surface area contributed by atoms with Crippen LogP contribution in [0.1, 0.15) is 0 Å². The molecule has 0 spiro atoms. The largest absolute Gasteiger partial charge is 0.494 e. The molecule has 3 rings (SSSR count). The van der Waals surface area contributed by atoms with Gasteiger partial charge in [0.1, 0.15) is 16.6 Å². The molecule has 18 heavy (non-hydrogen) atoms. The van der Waals surface area contributed by atoms with Crippen molar-refractivity contribution in [3.05, 3.63) is 47.9 Å². The van der Waals surface area contributed by atoms with E-state index in [0.29, 0.717) is 5.15 Å². The van der Waals surface area contributed by atoms with Crippen LogP contribution >= 0.6 is 11.6 Å². The predicted octanol–water partition coefficient (Wildman–Crippen LogP) is 3.08. The quantitative estimate of drug-likeness (QED) is 0.664. The van der Waals surface area contributed by atoms with Crippen LogP contribution in [0, 0.1) is 0 Å². The lowest BCUT2D eigenvalue weighted by Gasteiger charge is -2.06. The first-order valence-corrected chi connectivity index (χ1v) is 5.80. The molecule has 0 saturated carbocycles. The van der Waals surface area contributed by atoms with Gasteiger partial charge in [-0.2, -0.15) is 5.10 Å². The van der Waals surface area contributed by atoms with Crippen LogP contribution in [0.5, 0.6) is 5.75 Å². The van der Waals surface area contributed by atoms with Crippen LogP contribution in [0.25, 0.3) is 16.6 Å². The number of benzene rings is 1. The highest BCUT2D eigenvalue weighted by molar-refractivity contribution is 6.29. The molecule has 90 valence electrons. The number of para-hydroxylation sites is 2. The highest BCUT2D eigenvalue weighted by Gasteiger charge is 2.07. The van der Waals surface area contributed by atoms with E-state index in [9.17, 15) is 0 Å². The number of rotatable bonds is 2. The van der Waals surface area contributed by atoms with Crippen molar-refractivity contribution < 1.29 is 4.74 Å². The highest BCUT2D eigenvalue weighted by Crippen LogP contribution is 2.24. The first-order chi connectivity index (χ1) is 8.78. The third kappa shape index (κ3) is 1.80. The molecule has 0 fully saturated rings. The minimum absolute atomic E-state index is 0.438. The molecule has 0 unspecified atom stereocenters. The molecule has 0 N–H and O–H groups in total. The maximum absolute atomic E-state index is 5.85. The molecule has 0 saturated heterocycles. The van der Waals surface area contributed by atoms with Gasteiger partial charge in [-0.3, -0.25) is 0 Å². The monoisotopic (exact) mass is 259 g/mol.